The molecule has 6 heteroatoms. The molecule has 0 aliphatic carbocycles. The van der Waals surface area contributed by atoms with Gasteiger partial charge in [0.05, 0.1) is 25.0 Å². The summed E-state index contributed by atoms with van der Waals surface area (Å²) in [6.45, 7) is 3.03. The Morgan fingerprint density at radius 1 is 1.14 bits per heavy atom. The monoisotopic (exact) mass is 379 g/mol. The van der Waals surface area contributed by atoms with Gasteiger partial charge in [0.25, 0.3) is 0 Å². The summed E-state index contributed by atoms with van der Waals surface area (Å²) in [7, 11) is 0. The van der Waals surface area contributed by atoms with Crippen LogP contribution in [-0.4, -0.2) is 29.3 Å². The topological polar surface area (TPSA) is 81.8 Å². The smallest absolute Gasteiger partial charge is 0.304 e. The number of carboxylic acid groups (broad SMARTS) is 1. The molecule has 0 radical (unpaired) electrons. The quantitative estimate of drug-likeness (QED) is 0.669. The van der Waals surface area contributed by atoms with E-state index >= 15 is 0 Å². The van der Waals surface area contributed by atoms with E-state index in [0.717, 1.165) is 22.6 Å². The number of benzene rings is 2. The Morgan fingerprint density at radius 3 is 2.46 bits per heavy atom. The Labute approximate surface area is 162 Å². The van der Waals surface area contributed by atoms with Gasteiger partial charge in [-0.2, -0.15) is 0 Å². The zero-order valence-electron chi connectivity index (χ0n) is 15.6. The Morgan fingerprint density at radius 2 is 1.86 bits per heavy atom. The van der Waals surface area contributed by atoms with Gasteiger partial charge < -0.3 is 19.0 Å². The molecule has 0 spiro atoms. The maximum Gasteiger partial charge on any atom is 0.304 e. The van der Waals surface area contributed by atoms with E-state index in [4.69, 9.17) is 19.0 Å². The molecule has 2 aromatic carbocycles. The molecule has 0 unspecified atom stereocenters. The van der Waals surface area contributed by atoms with Gasteiger partial charge >= 0.3 is 5.97 Å². The van der Waals surface area contributed by atoms with Gasteiger partial charge in [0, 0.05) is 5.56 Å². The lowest BCUT2D eigenvalue weighted by molar-refractivity contribution is -0.145. The molecule has 0 saturated carbocycles. The van der Waals surface area contributed by atoms with E-state index in [1.54, 1.807) is 0 Å². The third-order valence-corrected chi connectivity index (χ3v) is 5.00. The number of hydrogen-bond acceptors (Lipinski definition) is 5. The molecule has 1 saturated heterocycles. The van der Waals surface area contributed by atoms with Gasteiger partial charge in [0.15, 0.2) is 0 Å². The van der Waals surface area contributed by atoms with Gasteiger partial charge in [-0.1, -0.05) is 30.3 Å². The van der Waals surface area contributed by atoms with Crippen LogP contribution in [0.2, 0.25) is 0 Å². The van der Waals surface area contributed by atoms with Crippen molar-refractivity contribution < 1.29 is 23.8 Å². The van der Waals surface area contributed by atoms with Crippen LogP contribution in [0.5, 0.6) is 5.75 Å². The minimum Gasteiger partial charge on any atom is -0.487 e. The lowest BCUT2D eigenvalue weighted by Gasteiger charge is -2.40. The summed E-state index contributed by atoms with van der Waals surface area (Å²) in [6, 6.07) is 17.3. The summed E-state index contributed by atoms with van der Waals surface area (Å²) in [5.41, 5.74) is 2.19. The minimum atomic E-state index is -0.820. The molecule has 1 N–H and O–H groups in total. The minimum absolute atomic E-state index is 0.0631. The molecular formula is C22H21NO5. The average molecular weight is 379 g/mol. The molecule has 4 rings (SSSR count). The molecule has 144 valence electrons. The van der Waals surface area contributed by atoms with Crippen molar-refractivity contribution in [3.05, 3.63) is 71.6 Å². The molecule has 1 aliphatic heterocycles. The second kappa shape index (κ2) is 7.48. The SMILES string of the molecule is Cc1oc(-c2ccccc2)nc1COc1ccc(C2(CC(=O)O)COC2)cc1. The lowest BCUT2D eigenvalue weighted by Crippen LogP contribution is -2.48. The van der Waals surface area contributed by atoms with E-state index in [2.05, 4.69) is 4.98 Å². The first-order chi connectivity index (χ1) is 13.6. The number of carboxylic acids is 1. The number of aliphatic carboxylic acids is 1. The molecule has 0 atom stereocenters. The number of aryl methyl sites for hydroxylation is 1. The number of nitrogens with zero attached hydrogens (tertiary/aromatic N) is 1. The first-order valence-corrected chi connectivity index (χ1v) is 9.10. The van der Waals surface area contributed by atoms with Gasteiger partial charge in [-0.05, 0) is 36.8 Å². The maximum atomic E-state index is 11.1. The zero-order chi connectivity index (χ0) is 19.6. The average Bonchev–Trinajstić information content (AvgIpc) is 3.05. The zero-order valence-corrected chi connectivity index (χ0v) is 15.6. The molecule has 6 nitrogen and oxygen atoms in total. The highest BCUT2D eigenvalue weighted by Gasteiger charge is 2.42. The fourth-order valence-electron chi connectivity index (χ4n) is 3.33. The highest BCUT2D eigenvalue weighted by molar-refractivity contribution is 5.69. The molecule has 0 bridgehead atoms. The molecule has 0 amide bonds. The van der Waals surface area contributed by atoms with E-state index in [1.165, 1.54) is 0 Å². The van der Waals surface area contributed by atoms with E-state index in [0.29, 0.717) is 31.5 Å². The van der Waals surface area contributed by atoms with E-state index in [-0.39, 0.29) is 6.42 Å². The predicted octanol–water partition coefficient (Wildman–Crippen LogP) is 3.97. The Hall–Kier alpha value is -3.12. The van der Waals surface area contributed by atoms with Crippen molar-refractivity contribution in [2.24, 2.45) is 0 Å². The highest BCUT2D eigenvalue weighted by atomic mass is 16.5. The largest absolute Gasteiger partial charge is 0.487 e. The Bertz CT molecular complexity index is 958. The summed E-state index contributed by atoms with van der Waals surface area (Å²) in [5, 5.41) is 9.15. The van der Waals surface area contributed by atoms with Crippen LogP contribution in [-0.2, 0) is 21.6 Å². The predicted molar refractivity (Wildman–Crippen MR) is 102 cm³/mol. The Kier molecular flexibility index (Phi) is 4.88. The number of carbonyl (C=O) groups is 1. The molecule has 1 fully saturated rings. The number of ether oxygens (including phenoxy) is 2. The van der Waals surface area contributed by atoms with Crippen LogP contribution in [0.1, 0.15) is 23.4 Å². The maximum absolute atomic E-state index is 11.1. The third-order valence-electron chi connectivity index (χ3n) is 5.00. The van der Waals surface area contributed by atoms with Gasteiger partial charge in [-0.3, -0.25) is 4.79 Å². The van der Waals surface area contributed by atoms with Crippen molar-refractivity contribution in [2.45, 2.75) is 25.4 Å². The van der Waals surface area contributed by atoms with Crippen LogP contribution in [0.3, 0.4) is 0 Å². The molecular weight excluding hydrogens is 358 g/mol. The van der Waals surface area contributed by atoms with E-state index < -0.39 is 11.4 Å². The Balaban J connectivity index is 1.43. The van der Waals surface area contributed by atoms with Gasteiger partial charge in [0.1, 0.15) is 23.8 Å². The van der Waals surface area contributed by atoms with Crippen LogP contribution in [0.4, 0.5) is 0 Å². The van der Waals surface area contributed by atoms with Gasteiger partial charge in [0.2, 0.25) is 5.89 Å². The van der Waals surface area contributed by atoms with Crippen LogP contribution in [0, 0.1) is 6.92 Å². The summed E-state index contributed by atoms with van der Waals surface area (Å²) >= 11 is 0. The standard InChI is InChI=1S/C22H21NO5/c1-15-19(23-21(28-15)16-5-3-2-4-6-16)12-27-18-9-7-17(8-10-18)22(11-20(24)25)13-26-14-22/h2-10H,11-14H2,1H3,(H,24,25). The second-order valence-corrected chi connectivity index (χ2v) is 7.04. The van der Waals surface area contributed by atoms with Crippen LogP contribution in [0.15, 0.2) is 59.0 Å². The number of hydrogen-bond donors (Lipinski definition) is 1. The first kappa shape index (κ1) is 18.3. The van der Waals surface area contributed by atoms with Crippen molar-refractivity contribution in [1.29, 1.82) is 0 Å². The summed E-state index contributed by atoms with van der Waals surface area (Å²) in [5.74, 6) is 1.17. The van der Waals surface area contributed by atoms with E-state index in [1.807, 2.05) is 61.5 Å². The third kappa shape index (κ3) is 3.64. The van der Waals surface area contributed by atoms with Crippen molar-refractivity contribution in [1.82, 2.24) is 4.98 Å². The van der Waals surface area contributed by atoms with Crippen molar-refractivity contribution >= 4 is 5.97 Å². The van der Waals surface area contributed by atoms with Crippen LogP contribution >= 0.6 is 0 Å². The molecule has 1 aliphatic rings. The second-order valence-electron chi connectivity index (χ2n) is 7.04. The lowest BCUT2D eigenvalue weighted by atomic mass is 9.76. The van der Waals surface area contributed by atoms with Crippen LogP contribution < -0.4 is 4.74 Å². The number of oxazole rings is 1. The van der Waals surface area contributed by atoms with Crippen molar-refractivity contribution in [3.8, 4) is 17.2 Å². The number of aromatic nitrogens is 1. The van der Waals surface area contributed by atoms with Gasteiger partial charge in [-0.15, -0.1) is 0 Å². The normalized spacial score (nSPS) is 15.0. The fourth-order valence-corrected chi connectivity index (χ4v) is 3.33. The number of rotatable bonds is 7. The fraction of sp³-hybridized carbons (Fsp3) is 0.273. The van der Waals surface area contributed by atoms with Crippen LogP contribution in [0.25, 0.3) is 11.5 Å². The molecule has 2 heterocycles. The first-order valence-electron chi connectivity index (χ1n) is 9.10. The van der Waals surface area contributed by atoms with Crippen molar-refractivity contribution in [2.75, 3.05) is 13.2 Å². The summed E-state index contributed by atoms with van der Waals surface area (Å²) in [6.07, 6.45) is 0.0631. The van der Waals surface area contributed by atoms with Gasteiger partial charge in [-0.25, -0.2) is 4.98 Å². The molecule has 1 aromatic heterocycles. The van der Waals surface area contributed by atoms with E-state index in [9.17, 15) is 4.79 Å². The highest BCUT2D eigenvalue weighted by Crippen LogP contribution is 2.36. The molecule has 3 aromatic rings. The molecule has 28 heavy (non-hydrogen) atoms. The summed E-state index contributed by atoms with van der Waals surface area (Å²) in [4.78, 5) is 15.7. The summed E-state index contributed by atoms with van der Waals surface area (Å²) < 4.78 is 16.9. The van der Waals surface area contributed by atoms with Crippen molar-refractivity contribution in [3.63, 3.8) is 0 Å².